The monoisotopic (exact) mass is 250 g/mol. The summed E-state index contributed by atoms with van der Waals surface area (Å²) in [6.45, 7) is -0.199. The molecule has 0 aromatic carbocycles. The predicted molar refractivity (Wildman–Crippen MR) is 61.0 cm³/mol. The van der Waals surface area contributed by atoms with E-state index in [2.05, 4.69) is 10.3 Å². The van der Waals surface area contributed by atoms with Gasteiger partial charge in [-0.25, -0.2) is 9.78 Å². The quantitative estimate of drug-likeness (QED) is 0.564. The molecule has 18 heavy (non-hydrogen) atoms. The van der Waals surface area contributed by atoms with Gasteiger partial charge < -0.3 is 15.7 Å². The summed E-state index contributed by atoms with van der Waals surface area (Å²) in [5, 5.41) is 11.2. The Kier molecular flexibility index (Phi) is 2.84. The maximum Gasteiger partial charge on any atom is 0.338 e. The zero-order chi connectivity index (χ0) is 13.3. The van der Waals surface area contributed by atoms with Gasteiger partial charge in [0.2, 0.25) is 11.8 Å². The average molecular weight is 250 g/mol. The van der Waals surface area contributed by atoms with Gasteiger partial charge in [0.15, 0.2) is 0 Å². The maximum atomic E-state index is 11.2. The van der Waals surface area contributed by atoms with E-state index < -0.39 is 17.8 Å². The van der Waals surface area contributed by atoms with Crippen molar-refractivity contribution in [2.24, 2.45) is 0 Å². The highest BCUT2D eigenvalue weighted by atomic mass is 16.4. The van der Waals surface area contributed by atoms with Crippen LogP contribution in [0.2, 0.25) is 0 Å². The second-order valence-electron chi connectivity index (χ2n) is 3.76. The van der Waals surface area contributed by atoms with Crippen LogP contribution in [0.5, 0.6) is 0 Å². The molecule has 94 valence electrons. The number of carboxylic acids is 1. The molecule has 0 unspecified atom stereocenters. The smallest absolute Gasteiger partial charge is 0.338 e. The third-order valence-electron chi connectivity index (χ3n) is 2.42. The van der Waals surface area contributed by atoms with Crippen LogP contribution in [0.3, 0.4) is 0 Å². The molecule has 4 N–H and O–H groups in total. The molecule has 1 aromatic heterocycles. The number of aromatic carboxylic acids is 1. The predicted octanol–water partition coefficient (Wildman–Crippen LogP) is -1.18. The molecule has 8 nitrogen and oxygen atoms in total. The highest BCUT2D eigenvalue weighted by molar-refractivity contribution is 6.04. The number of carbonyl (C=O) groups excluding carboxylic acids is 2. The molecule has 0 bridgehead atoms. The number of pyridine rings is 1. The van der Waals surface area contributed by atoms with Gasteiger partial charge in [0.1, 0.15) is 5.82 Å². The number of hydrogen-bond donors (Lipinski definition) is 3. The summed E-state index contributed by atoms with van der Waals surface area (Å²) in [6.07, 6.45) is 1.24. The number of nitrogen functional groups attached to an aromatic ring is 1. The molecule has 1 saturated heterocycles. The second kappa shape index (κ2) is 4.32. The van der Waals surface area contributed by atoms with E-state index in [1.807, 2.05) is 0 Å². The molecule has 1 aliphatic rings. The molecule has 0 saturated carbocycles. The standard InChI is InChI=1S/C10H10N4O4/c11-7-1-5(10(17)18)6(2-12-7)14-3-8(15)13-9(16)4-14/h1-2H,3-4H2,(H2,11,12)(H,17,18)(H,13,15,16). The number of imide groups is 1. The minimum atomic E-state index is -1.20. The zero-order valence-electron chi connectivity index (χ0n) is 9.21. The highest BCUT2D eigenvalue weighted by Gasteiger charge is 2.26. The molecule has 1 aliphatic heterocycles. The molecule has 0 aliphatic carbocycles. The second-order valence-corrected chi connectivity index (χ2v) is 3.76. The van der Waals surface area contributed by atoms with E-state index >= 15 is 0 Å². The van der Waals surface area contributed by atoms with Gasteiger partial charge in [-0.3, -0.25) is 14.9 Å². The van der Waals surface area contributed by atoms with Crippen molar-refractivity contribution in [3.8, 4) is 0 Å². The van der Waals surface area contributed by atoms with Crippen LogP contribution in [0.25, 0.3) is 0 Å². The Morgan fingerprint density at radius 1 is 1.39 bits per heavy atom. The van der Waals surface area contributed by atoms with Crippen LogP contribution in [0.4, 0.5) is 11.5 Å². The Balaban J connectivity index is 2.41. The summed E-state index contributed by atoms with van der Waals surface area (Å²) in [5.41, 5.74) is 5.51. The van der Waals surface area contributed by atoms with Crippen LogP contribution in [-0.2, 0) is 9.59 Å². The normalized spacial score (nSPS) is 15.4. The van der Waals surface area contributed by atoms with Crippen LogP contribution in [0.15, 0.2) is 12.3 Å². The largest absolute Gasteiger partial charge is 0.478 e. The Morgan fingerprint density at radius 2 is 2.00 bits per heavy atom. The van der Waals surface area contributed by atoms with E-state index in [1.54, 1.807) is 0 Å². The number of hydrogen-bond acceptors (Lipinski definition) is 6. The third-order valence-corrected chi connectivity index (χ3v) is 2.42. The summed E-state index contributed by atoms with van der Waals surface area (Å²) in [7, 11) is 0. The number of nitrogens with one attached hydrogen (secondary N) is 1. The molecule has 2 heterocycles. The number of carboxylic acid groups (broad SMARTS) is 1. The number of nitrogens with two attached hydrogens (primary N) is 1. The van der Waals surface area contributed by atoms with Crippen molar-refractivity contribution in [1.82, 2.24) is 10.3 Å². The van der Waals surface area contributed by atoms with E-state index in [9.17, 15) is 14.4 Å². The van der Waals surface area contributed by atoms with Crippen molar-refractivity contribution in [2.75, 3.05) is 23.7 Å². The van der Waals surface area contributed by atoms with Crippen molar-refractivity contribution in [2.45, 2.75) is 0 Å². The molecule has 2 rings (SSSR count). The molecule has 1 fully saturated rings. The minimum absolute atomic E-state index is 0.0592. The van der Waals surface area contributed by atoms with Crippen LogP contribution in [0.1, 0.15) is 10.4 Å². The highest BCUT2D eigenvalue weighted by Crippen LogP contribution is 2.22. The molecule has 0 atom stereocenters. The van der Waals surface area contributed by atoms with E-state index in [-0.39, 0.29) is 30.2 Å². The van der Waals surface area contributed by atoms with Crippen LogP contribution in [-0.4, -0.2) is 41.0 Å². The summed E-state index contributed by atoms with van der Waals surface area (Å²) >= 11 is 0. The number of rotatable bonds is 2. The average Bonchev–Trinajstić information content (AvgIpc) is 2.27. The van der Waals surface area contributed by atoms with Gasteiger partial charge in [-0.15, -0.1) is 0 Å². The van der Waals surface area contributed by atoms with E-state index in [1.165, 1.54) is 17.2 Å². The lowest BCUT2D eigenvalue weighted by Gasteiger charge is -2.28. The number of aromatic nitrogens is 1. The summed E-state index contributed by atoms with van der Waals surface area (Å²) in [4.78, 5) is 38.7. The lowest BCUT2D eigenvalue weighted by atomic mass is 10.2. The molecule has 2 amide bonds. The van der Waals surface area contributed by atoms with Crippen molar-refractivity contribution < 1.29 is 19.5 Å². The molecule has 8 heteroatoms. The zero-order valence-corrected chi connectivity index (χ0v) is 9.21. The van der Waals surface area contributed by atoms with Crippen molar-refractivity contribution >= 4 is 29.3 Å². The lowest BCUT2D eigenvalue weighted by molar-refractivity contribution is -0.130. The van der Waals surface area contributed by atoms with Gasteiger partial charge in [-0.05, 0) is 6.07 Å². The van der Waals surface area contributed by atoms with Gasteiger partial charge >= 0.3 is 5.97 Å². The third kappa shape index (κ3) is 2.21. The number of amides is 2. The molecular formula is C10H10N4O4. The number of anilines is 2. The number of piperazine rings is 1. The van der Waals surface area contributed by atoms with Crippen LogP contribution < -0.4 is 16.0 Å². The maximum absolute atomic E-state index is 11.2. The first kappa shape index (κ1) is 11.8. The van der Waals surface area contributed by atoms with Gasteiger partial charge in [-0.1, -0.05) is 0 Å². The summed E-state index contributed by atoms with van der Waals surface area (Å²) in [6, 6.07) is 1.19. The molecule has 0 spiro atoms. The first-order chi connectivity index (χ1) is 8.47. The van der Waals surface area contributed by atoms with Crippen molar-refractivity contribution in [1.29, 1.82) is 0 Å². The number of nitrogens with zero attached hydrogens (tertiary/aromatic N) is 2. The minimum Gasteiger partial charge on any atom is -0.478 e. The van der Waals surface area contributed by atoms with Crippen molar-refractivity contribution in [3.63, 3.8) is 0 Å². The fourth-order valence-corrected chi connectivity index (χ4v) is 1.70. The topological polar surface area (TPSA) is 126 Å². The Morgan fingerprint density at radius 3 is 2.56 bits per heavy atom. The first-order valence-electron chi connectivity index (χ1n) is 5.04. The number of carbonyl (C=O) groups is 3. The van der Waals surface area contributed by atoms with Crippen LogP contribution in [0, 0.1) is 0 Å². The van der Waals surface area contributed by atoms with Gasteiger partial charge in [-0.2, -0.15) is 0 Å². The fraction of sp³-hybridized carbons (Fsp3) is 0.200. The SMILES string of the molecule is Nc1cc(C(=O)O)c(N2CC(=O)NC(=O)C2)cn1. The Hall–Kier alpha value is -2.64. The first-order valence-corrected chi connectivity index (χ1v) is 5.04. The van der Waals surface area contributed by atoms with E-state index in [0.717, 1.165) is 0 Å². The van der Waals surface area contributed by atoms with Crippen LogP contribution >= 0.6 is 0 Å². The fourth-order valence-electron chi connectivity index (χ4n) is 1.70. The van der Waals surface area contributed by atoms with E-state index in [4.69, 9.17) is 10.8 Å². The Labute approximate surface area is 101 Å². The van der Waals surface area contributed by atoms with Gasteiger partial charge in [0, 0.05) is 0 Å². The summed E-state index contributed by atoms with van der Waals surface area (Å²) in [5.74, 6) is -2.11. The van der Waals surface area contributed by atoms with Gasteiger partial charge in [0.25, 0.3) is 0 Å². The van der Waals surface area contributed by atoms with Crippen molar-refractivity contribution in [3.05, 3.63) is 17.8 Å². The molecule has 0 radical (unpaired) electrons. The van der Waals surface area contributed by atoms with E-state index in [0.29, 0.717) is 0 Å². The summed E-state index contributed by atoms with van der Waals surface area (Å²) < 4.78 is 0. The Bertz CT molecular complexity index is 527. The lowest BCUT2D eigenvalue weighted by Crippen LogP contribution is -2.51. The van der Waals surface area contributed by atoms with Gasteiger partial charge in [0.05, 0.1) is 30.5 Å². The molecule has 1 aromatic rings. The molecular weight excluding hydrogens is 240 g/mol.